The number of hydrogen-bond acceptors (Lipinski definition) is 4. The molecule has 1 aromatic heterocycles. The lowest BCUT2D eigenvalue weighted by Gasteiger charge is -2.22. The van der Waals surface area contributed by atoms with E-state index >= 15 is 0 Å². The smallest absolute Gasteiger partial charge is 0.137 e. The minimum atomic E-state index is 0.600. The quantitative estimate of drug-likeness (QED) is 0.853. The van der Waals surface area contributed by atoms with Crippen molar-refractivity contribution in [2.75, 3.05) is 24.2 Å². The van der Waals surface area contributed by atoms with Crippen LogP contribution in [-0.2, 0) is 6.42 Å². The topological polar surface area (TPSA) is 55.0 Å². The number of nitrogens with zero attached hydrogens (tertiary/aromatic N) is 3. The van der Waals surface area contributed by atoms with Gasteiger partial charge in [0.2, 0.25) is 0 Å². The molecule has 0 aliphatic heterocycles. The van der Waals surface area contributed by atoms with Crippen LogP contribution >= 0.6 is 0 Å². The predicted molar refractivity (Wildman–Crippen MR) is 73.3 cm³/mol. The first-order valence-corrected chi connectivity index (χ1v) is 6.29. The fourth-order valence-corrected chi connectivity index (χ4v) is 1.66. The highest BCUT2D eigenvalue weighted by Crippen LogP contribution is 2.21. The van der Waals surface area contributed by atoms with Crippen LogP contribution in [0.5, 0.6) is 0 Å². The molecule has 0 aromatic carbocycles. The van der Waals surface area contributed by atoms with Crippen molar-refractivity contribution in [3.05, 3.63) is 11.4 Å². The average Bonchev–Trinajstić information content (AvgIpc) is 2.29. The standard InChI is InChI=1S/C13H24N4/c1-6-11-15-12(14)10(4)13(16-11)17(5)8-7-9(2)3/h9H,6-8H2,1-5H3,(H2,14,15,16). The summed E-state index contributed by atoms with van der Waals surface area (Å²) in [6.07, 6.45) is 1.97. The van der Waals surface area contributed by atoms with Crippen molar-refractivity contribution >= 4 is 11.6 Å². The first-order valence-electron chi connectivity index (χ1n) is 6.29. The number of nitrogens with two attached hydrogens (primary N) is 1. The van der Waals surface area contributed by atoms with Crippen LogP contribution in [-0.4, -0.2) is 23.6 Å². The lowest BCUT2D eigenvalue weighted by molar-refractivity contribution is 0.583. The van der Waals surface area contributed by atoms with Crippen molar-refractivity contribution in [1.82, 2.24) is 9.97 Å². The lowest BCUT2D eigenvalue weighted by Crippen LogP contribution is -2.23. The molecule has 0 aliphatic carbocycles. The zero-order chi connectivity index (χ0) is 13.0. The van der Waals surface area contributed by atoms with Gasteiger partial charge in [0.25, 0.3) is 0 Å². The fraction of sp³-hybridized carbons (Fsp3) is 0.692. The molecule has 0 bridgehead atoms. The van der Waals surface area contributed by atoms with Gasteiger partial charge in [-0.2, -0.15) is 0 Å². The zero-order valence-corrected chi connectivity index (χ0v) is 11.6. The van der Waals surface area contributed by atoms with E-state index in [0.717, 1.165) is 36.6 Å². The summed E-state index contributed by atoms with van der Waals surface area (Å²) in [7, 11) is 2.07. The molecule has 0 fully saturated rings. The summed E-state index contributed by atoms with van der Waals surface area (Å²) in [5.41, 5.74) is 6.89. The van der Waals surface area contributed by atoms with Crippen LogP contribution in [0, 0.1) is 12.8 Å². The number of aromatic nitrogens is 2. The molecular formula is C13H24N4. The second kappa shape index (κ2) is 5.84. The van der Waals surface area contributed by atoms with Gasteiger partial charge in [0.05, 0.1) is 0 Å². The molecule has 1 heterocycles. The molecular weight excluding hydrogens is 212 g/mol. The largest absolute Gasteiger partial charge is 0.383 e. The third-order valence-electron chi connectivity index (χ3n) is 2.92. The minimum Gasteiger partial charge on any atom is -0.383 e. The van der Waals surface area contributed by atoms with Crippen molar-refractivity contribution in [3.8, 4) is 0 Å². The van der Waals surface area contributed by atoms with E-state index in [1.165, 1.54) is 0 Å². The third kappa shape index (κ3) is 3.58. The Morgan fingerprint density at radius 3 is 2.47 bits per heavy atom. The second-order valence-corrected chi connectivity index (χ2v) is 4.93. The third-order valence-corrected chi connectivity index (χ3v) is 2.92. The van der Waals surface area contributed by atoms with Gasteiger partial charge in [0, 0.05) is 25.6 Å². The van der Waals surface area contributed by atoms with Gasteiger partial charge in [-0.05, 0) is 19.3 Å². The fourth-order valence-electron chi connectivity index (χ4n) is 1.66. The first kappa shape index (κ1) is 13.7. The highest BCUT2D eigenvalue weighted by molar-refractivity contribution is 5.56. The van der Waals surface area contributed by atoms with E-state index in [2.05, 4.69) is 35.8 Å². The van der Waals surface area contributed by atoms with Crippen LogP contribution in [0.2, 0.25) is 0 Å². The van der Waals surface area contributed by atoms with E-state index in [1.54, 1.807) is 0 Å². The first-order chi connectivity index (χ1) is 7.95. The van der Waals surface area contributed by atoms with Crippen molar-refractivity contribution in [3.63, 3.8) is 0 Å². The molecule has 0 amide bonds. The molecule has 0 atom stereocenters. The maximum Gasteiger partial charge on any atom is 0.137 e. The van der Waals surface area contributed by atoms with Crippen LogP contribution in [0.4, 0.5) is 11.6 Å². The van der Waals surface area contributed by atoms with Crippen LogP contribution in [0.25, 0.3) is 0 Å². The summed E-state index contributed by atoms with van der Waals surface area (Å²) in [6.45, 7) is 9.48. The number of hydrogen-bond donors (Lipinski definition) is 1. The Hall–Kier alpha value is -1.32. The van der Waals surface area contributed by atoms with Crippen molar-refractivity contribution in [2.45, 2.75) is 40.5 Å². The molecule has 0 saturated carbocycles. The molecule has 4 heteroatoms. The Kier molecular flexibility index (Phi) is 4.73. The summed E-state index contributed by atoms with van der Waals surface area (Å²) < 4.78 is 0. The molecule has 17 heavy (non-hydrogen) atoms. The van der Waals surface area contributed by atoms with E-state index in [0.29, 0.717) is 11.7 Å². The molecule has 0 unspecified atom stereocenters. The van der Waals surface area contributed by atoms with Crippen molar-refractivity contribution < 1.29 is 0 Å². The minimum absolute atomic E-state index is 0.600. The molecule has 0 saturated heterocycles. The maximum atomic E-state index is 5.91. The van der Waals surface area contributed by atoms with E-state index in [-0.39, 0.29) is 0 Å². The van der Waals surface area contributed by atoms with Gasteiger partial charge in [-0.3, -0.25) is 0 Å². The van der Waals surface area contributed by atoms with E-state index < -0.39 is 0 Å². The van der Waals surface area contributed by atoms with Crippen molar-refractivity contribution in [2.24, 2.45) is 5.92 Å². The Labute approximate surface area is 104 Å². The van der Waals surface area contributed by atoms with Gasteiger partial charge in [-0.1, -0.05) is 20.8 Å². The summed E-state index contributed by atoms with van der Waals surface area (Å²) in [4.78, 5) is 11.0. The molecule has 0 spiro atoms. The number of nitrogen functional groups attached to an aromatic ring is 1. The molecule has 4 nitrogen and oxygen atoms in total. The summed E-state index contributed by atoms with van der Waals surface area (Å²) in [5.74, 6) is 3.08. The van der Waals surface area contributed by atoms with E-state index in [9.17, 15) is 0 Å². The summed E-state index contributed by atoms with van der Waals surface area (Å²) in [6, 6.07) is 0. The van der Waals surface area contributed by atoms with Crippen LogP contribution in [0.1, 0.15) is 38.6 Å². The van der Waals surface area contributed by atoms with Crippen LogP contribution in [0.15, 0.2) is 0 Å². The molecule has 96 valence electrons. The average molecular weight is 236 g/mol. The Bertz CT molecular complexity index is 374. The lowest BCUT2D eigenvalue weighted by atomic mass is 10.1. The Morgan fingerprint density at radius 1 is 1.29 bits per heavy atom. The van der Waals surface area contributed by atoms with Gasteiger partial charge in [-0.15, -0.1) is 0 Å². The zero-order valence-electron chi connectivity index (χ0n) is 11.6. The molecule has 0 radical (unpaired) electrons. The Morgan fingerprint density at radius 2 is 1.94 bits per heavy atom. The van der Waals surface area contributed by atoms with Gasteiger partial charge in [0.1, 0.15) is 17.5 Å². The SMILES string of the molecule is CCc1nc(N)c(C)c(N(C)CCC(C)C)n1. The number of aryl methyl sites for hydroxylation is 1. The molecule has 0 aliphatic rings. The van der Waals surface area contributed by atoms with Gasteiger partial charge < -0.3 is 10.6 Å². The predicted octanol–water partition coefficient (Wildman–Crippen LogP) is 2.41. The number of rotatable bonds is 5. The summed E-state index contributed by atoms with van der Waals surface area (Å²) in [5, 5.41) is 0. The number of anilines is 2. The normalized spacial score (nSPS) is 10.9. The van der Waals surface area contributed by atoms with Gasteiger partial charge >= 0.3 is 0 Å². The Balaban J connectivity index is 2.91. The van der Waals surface area contributed by atoms with E-state index in [1.807, 2.05) is 13.8 Å². The van der Waals surface area contributed by atoms with Crippen LogP contribution < -0.4 is 10.6 Å². The highest BCUT2D eigenvalue weighted by Gasteiger charge is 2.12. The molecule has 1 aromatic rings. The van der Waals surface area contributed by atoms with Crippen LogP contribution in [0.3, 0.4) is 0 Å². The molecule has 2 N–H and O–H groups in total. The monoisotopic (exact) mass is 236 g/mol. The van der Waals surface area contributed by atoms with E-state index in [4.69, 9.17) is 5.73 Å². The van der Waals surface area contributed by atoms with Gasteiger partial charge in [0.15, 0.2) is 0 Å². The molecule has 1 rings (SSSR count). The summed E-state index contributed by atoms with van der Waals surface area (Å²) >= 11 is 0. The second-order valence-electron chi connectivity index (χ2n) is 4.93. The van der Waals surface area contributed by atoms with Gasteiger partial charge in [-0.25, -0.2) is 9.97 Å². The van der Waals surface area contributed by atoms with Crippen molar-refractivity contribution in [1.29, 1.82) is 0 Å². The maximum absolute atomic E-state index is 5.91. The highest BCUT2D eigenvalue weighted by atomic mass is 15.2.